The first-order valence-electron chi connectivity index (χ1n) is 10.9. The highest BCUT2D eigenvalue weighted by molar-refractivity contribution is 7.22. The number of thiazole rings is 1. The van der Waals surface area contributed by atoms with Gasteiger partial charge in [0.25, 0.3) is 0 Å². The van der Waals surface area contributed by atoms with Gasteiger partial charge in [0.15, 0.2) is 5.13 Å². The lowest BCUT2D eigenvalue weighted by atomic mass is 9.94. The Hall–Kier alpha value is -2.48. The zero-order valence-electron chi connectivity index (χ0n) is 18.6. The summed E-state index contributed by atoms with van der Waals surface area (Å²) in [5.74, 6) is -0.345. The molecule has 2 aliphatic rings. The summed E-state index contributed by atoms with van der Waals surface area (Å²) in [6, 6.07) is 6.01. The SMILES string of the molecule is Cc1cccc2sc(NC(=O)C3CCN(C(=O)C4CC(=O)N(C(C)(C)C)C4)CC3)nc12. The van der Waals surface area contributed by atoms with E-state index >= 15 is 0 Å². The lowest BCUT2D eigenvalue weighted by Gasteiger charge is -2.34. The van der Waals surface area contributed by atoms with Crippen LogP contribution < -0.4 is 5.32 Å². The Labute approximate surface area is 186 Å². The van der Waals surface area contributed by atoms with Gasteiger partial charge in [0, 0.05) is 37.5 Å². The van der Waals surface area contributed by atoms with Crippen LogP contribution in [0.25, 0.3) is 10.2 Å². The molecular weight excluding hydrogens is 412 g/mol. The van der Waals surface area contributed by atoms with Crippen molar-refractivity contribution in [1.29, 1.82) is 0 Å². The van der Waals surface area contributed by atoms with E-state index in [2.05, 4.69) is 10.3 Å². The molecule has 0 aliphatic carbocycles. The van der Waals surface area contributed by atoms with E-state index in [4.69, 9.17) is 0 Å². The smallest absolute Gasteiger partial charge is 0.229 e. The molecule has 2 fully saturated rings. The van der Waals surface area contributed by atoms with E-state index in [0.717, 1.165) is 15.8 Å². The van der Waals surface area contributed by atoms with Crippen molar-refractivity contribution in [2.24, 2.45) is 11.8 Å². The molecule has 0 radical (unpaired) electrons. The fourth-order valence-corrected chi connectivity index (χ4v) is 5.44. The first kappa shape index (κ1) is 21.7. The minimum atomic E-state index is -0.275. The summed E-state index contributed by atoms with van der Waals surface area (Å²) >= 11 is 1.48. The van der Waals surface area contributed by atoms with Crippen molar-refractivity contribution in [2.45, 2.75) is 52.5 Å². The lowest BCUT2D eigenvalue weighted by molar-refractivity contribution is -0.138. The maximum atomic E-state index is 13.0. The molecule has 2 saturated heterocycles. The average Bonchev–Trinajstić information content (AvgIpc) is 3.31. The number of hydrogen-bond acceptors (Lipinski definition) is 5. The van der Waals surface area contributed by atoms with Gasteiger partial charge in [0.2, 0.25) is 17.7 Å². The number of rotatable bonds is 3. The number of hydrogen-bond donors (Lipinski definition) is 1. The van der Waals surface area contributed by atoms with Gasteiger partial charge in [-0.25, -0.2) is 4.98 Å². The predicted molar refractivity (Wildman–Crippen MR) is 122 cm³/mol. The van der Waals surface area contributed by atoms with Gasteiger partial charge in [0.1, 0.15) is 0 Å². The normalized spacial score (nSPS) is 20.5. The molecule has 0 spiro atoms. The Morgan fingerprint density at radius 2 is 1.87 bits per heavy atom. The Kier molecular flexibility index (Phi) is 5.77. The molecular formula is C23H30N4O3S. The second-order valence-electron chi connectivity index (χ2n) is 9.61. The van der Waals surface area contributed by atoms with Crippen LogP contribution in [0.5, 0.6) is 0 Å². The number of nitrogens with one attached hydrogen (secondary N) is 1. The number of nitrogens with zero attached hydrogens (tertiary/aromatic N) is 3. The van der Waals surface area contributed by atoms with Crippen LogP contribution in [0.4, 0.5) is 5.13 Å². The van der Waals surface area contributed by atoms with Crippen molar-refractivity contribution in [3.8, 4) is 0 Å². The highest BCUT2D eigenvalue weighted by Gasteiger charge is 2.41. The molecule has 7 nitrogen and oxygen atoms in total. The highest BCUT2D eigenvalue weighted by atomic mass is 32.1. The Morgan fingerprint density at radius 1 is 1.16 bits per heavy atom. The maximum Gasteiger partial charge on any atom is 0.229 e. The number of para-hydroxylation sites is 1. The number of carbonyl (C=O) groups excluding carboxylic acids is 3. The molecule has 2 aromatic rings. The number of fused-ring (bicyclic) bond motifs is 1. The molecule has 1 N–H and O–H groups in total. The van der Waals surface area contributed by atoms with Crippen LogP contribution in [-0.2, 0) is 14.4 Å². The fourth-order valence-electron chi connectivity index (χ4n) is 4.49. The average molecular weight is 443 g/mol. The fraction of sp³-hybridized carbons (Fsp3) is 0.565. The third kappa shape index (κ3) is 4.44. The van der Waals surface area contributed by atoms with Gasteiger partial charge in [-0.15, -0.1) is 0 Å². The molecule has 166 valence electrons. The van der Waals surface area contributed by atoms with Gasteiger partial charge in [-0.1, -0.05) is 23.5 Å². The number of likely N-dealkylation sites (tertiary alicyclic amines) is 2. The number of benzene rings is 1. The number of carbonyl (C=O) groups is 3. The van der Waals surface area contributed by atoms with Crippen LogP contribution in [0, 0.1) is 18.8 Å². The van der Waals surface area contributed by atoms with E-state index in [9.17, 15) is 14.4 Å². The zero-order chi connectivity index (χ0) is 22.3. The Bertz CT molecular complexity index is 1020. The second-order valence-corrected chi connectivity index (χ2v) is 10.6. The zero-order valence-corrected chi connectivity index (χ0v) is 19.4. The summed E-state index contributed by atoms with van der Waals surface area (Å²) in [6.45, 7) is 9.58. The van der Waals surface area contributed by atoms with Crippen molar-refractivity contribution < 1.29 is 14.4 Å². The summed E-state index contributed by atoms with van der Waals surface area (Å²) in [5.41, 5.74) is 1.76. The number of aryl methyl sites for hydroxylation is 1. The van der Waals surface area contributed by atoms with Crippen LogP contribution in [0.2, 0.25) is 0 Å². The number of piperidine rings is 1. The minimum Gasteiger partial charge on any atom is -0.342 e. The molecule has 8 heteroatoms. The lowest BCUT2D eigenvalue weighted by Crippen LogP contribution is -2.46. The summed E-state index contributed by atoms with van der Waals surface area (Å²) < 4.78 is 1.06. The summed E-state index contributed by atoms with van der Waals surface area (Å²) in [5, 5.41) is 3.59. The van der Waals surface area contributed by atoms with Crippen LogP contribution in [-0.4, -0.2) is 57.7 Å². The molecule has 31 heavy (non-hydrogen) atoms. The second kappa shape index (κ2) is 8.22. The first-order chi connectivity index (χ1) is 14.6. The van der Waals surface area contributed by atoms with Gasteiger partial charge < -0.3 is 15.1 Å². The molecule has 4 rings (SSSR count). The van der Waals surface area contributed by atoms with Crippen molar-refractivity contribution in [3.05, 3.63) is 23.8 Å². The van der Waals surface area contributed by atoms with Crippen LogP contribution in [0.3, 0.4) is 0 Å². The summed E-state index contributed by atoms with van der Waals surface area (Å²) in [4.78, 5) is 46.2. The largest absolute Gasteiger partial charge is 0.342 e. The minimum absolute atomic E-state index is 0.0289. The molecule has 1 unspecified atom stereocenters. The van der Waals surface area contributed by atoms with Crippen LogP contribution >= 0.6 is 11.3 Å². The predicted octanol–water partition coefficient (Wildman–Crippen LogP) is 3.43. The first-order valence-corrected chi connectivity index (χ1v) is 11.7. The molecule has 1 aromatic carbocycles. The highest BCUT2D eigenvalue weighted by Crippen LogP contribution is 2.30. The van der Waals surface area contributed by atoms with Crippen molar-refractivity contribution in [2.75, 3.05) is 25.0 Å². The van der Waals surface area contributed by atoms with E-state index in [1.165, 1.54) is 11.3 Å². The van der Waals surface area contributed by atoms with Crippen molar-refractivity contribution >= 4 is 44.4 Å². The van der Waals surface area contributed by atoms with Gasteiger partial charge in [-0.2, -0.15) is 0 Å². The molecule has 3 amide bonds. The number of amides is 3. The third-order valence-electron chi connectivity index (χ3n) is 6.31. The number of aromatic nitrogens is 1. The Balaban J connectivity index is 1.32. The van der Waals surface area contributed by atoms with Crippen LogP contribution in [0.15, 0.2) is 18.2 Å². The molecule has 1 atom stereocenters. The topological polar surface area (TPSA) is 82.6 Å². The quantitative estimate of drug-likeness (QED) is 0.790. The Morgan fingerprint density at radius 3 is 2.48 bits per heavy atom. The summed E-state index contributed by atoms with van der Waals surface area (Å²) in [7, 11) is 0. The molecule has 0 saturated carbocycles. The van der Waals surface area contributed by atoms with Gasteiger partial charge in [-0.3, -0.25) is 14.4 Å². The third-order valence-corrected chi connectivity index (χ3v) is 7.25. The maximum absolute atomic E-state index is 13.0. The molecule has 3 heterocycles. The van der Waals surface area contributed by atoms with E-state index in [0.29, 0.717) is 37.6 Å². The van der Waals surface area contributed by atoms with E-state index < -0.39 is 0 Å². The van der Waals surface area contributed by atoms with Crippen molar-refractivity contribution in [1.82, 2.24) is 14.8 Å². The van der Waals surface area contributed by atoms with Crippen molar-refractivity contribution in [3.63, 3.8) is 0 Å². The van der Waals surface area contributed by atoms with E-state index in [1.54, 1.807) is 4.90 Å². The van der Waals surface area contributed by atoms with Gasteiger partial charge in [0.05, 0.1) is 16.1 Å². The van der Waals surface area contributed by atoms with Gasteiger partial charge in [-0.05, 0) is 52.2 Å². The van der Waals surface area contributed by atoms with Gasteiger partial charge >= 0.3 is 0 Å². The molecule has 1 aromatic heterocycles. The number of anilines is 1. The molecule has 2 aliphatic heterocycles. The summed E-state index contributed by atoms with van der Waals surface area (Å²) in [6.07, 6.45) is 1.55. The van der Waals surface area contributed by atoms with E-state index in [1.807, 2.05) is 50.8 Å². The van der Waals surface area contributed by atoms with Crippen LogP contribution in [0.1, 0.15) is 45.6 Å². The standard InChI is InChI=1S/C23H30N4O3S/c1-14-6-5-7-17-19(14)24-22(31-17)25-20(29)15-8-10-26(11-9-15)21(30)16-12-18(28)27(13-16)23(2,3)4/h5-7,15-16H,8-13H2,1-4H3,(H,24,25,29). The monoisotopic (exact) mass is 442 g/mol. The van der Waals surface area contributed by atoms with E-state index in [-0.39, 0.29) is 41.5 Å². The molecule has 0 bridgehead atoms.